The second kappa shape index (κ2) is 7.90. The van der Waals surface area contributed by atoms with Crippen LogP contribution in [0.1, 0.15) is 24.1 Å². The van der Waals surface area contributed by atoms with Gasteiger partial charge < -0.3 is 10.0 Å². The van der Waals surface area contributed by atoms with Gasteiger partial charge in [-0.2, -0.15) is 10.2 Å². The lowest BCUT2D eigenvalue weighted by Gasteiger charge is -2.30. The zero-order valence-electron chi connectivity index (χ0n) is 21.1. The number of carbonyl (C=O) groups is 1. The molecule has 7 rings (SSSR count). The summed E-state index contributed by atoms with van der Waals surface area (Å²) in [6.07, 6.45) is 3.52. The number of pyridine rings is 1. The van der Waals surface area contributed by atoms with Crippen molar-refractivity contribution < 1.29 is 9.90 Å². The number of piperidine rings is 1. The number of benzene rings is 2. The van der Waals surface area contributed by atoms with Crippen LogP contribution >= 0.6 is 0 Å². The molecule has 8 heteroatoms. The predicted molar refractivity (Wildman–Crippen MR) is 143 cm³/mol. The van der Waals surface area contributed by atoms with Gasteiger partial charge in [-0.05, 0) is 56.4 Å². The smallest absolute Gasteiger partial charge is 0.306 e. The Morgan fingerprint density at radius 2 is 1.86 bits per heavy atom. The largest absolute Gasteiger partial charge is 0.481 e. The average molecular weight is 493 g/mol. The van der Waals surface area contributed by atoms with E-state index >= 15 is 0 Å². The molecule has 2 bridgehead atoms. The number of aromatic nitrogens is 5. The summed E-state index contributed by atoms with van der Waals surface area (Å²) < 4.78 is 3.92. The van der Waals surface area contributed by atoms with E-state index in [1.165, 1.54) is 0 Å². The van der Waals surface area contributed by atoms with Crippen LogP contribution in [0.15, 0.2) is 54.7 Å². The van der Waals surface area contributed by atoms with E-state index in [0.29, 0.717) is 6.42 Å². The van der Waals surface area contributed by atoms with Crippen molar-refractivity contribution in [2.45, 2.75) is 32.7 Å². The lowest BCUT2D eigenvalue weighted by atomic mass is 9.95. The van der Waals surface area contributed by atoms with Gasteiger partial charge in [0.25, 0.3) is 0 Å². The summed E-state index contributed by atoms with van der Waals surface area (Å²) in [7, 11) is 1.97. The summed E-state index contributed by atoms with van der Waals surface area (Å²) in [5, 5.41) is 21.5. The van der Waals surface area contributed by atoms with Crippen molar-refractivity contribution in [3.63, 3.8) is 0 Å². The first-order chi connectivity index (χ1) is 17.9. The van der Waals surface area contributed by atoms with Crippen LogP contribution < -0.4 is 4.90 Å². The zero-order chi connectivity index (χ0) is 25.4. The molecule has 0 amide bonds. The predicted octanol–water partition coefficient (Wildman–Crippen LogP) is 4.89. The molecule has 2 aliphatic rings. The van der Waals surface area contributed by atoms with Crippen molar-refractivity contribution in [3.05, 3.63) is 66.0 Å². The first-order valence-electron chi connectivity index (χ1n) is 12.8. The topological polar surface area (TPSA) is 89.1 Å². The van der Waals surface area contributed by atoms with Gasteiger partial charge in [-0.3, -0.25) is 9.48 Å². The van der Waals surface area contributed by atoms with Gasteiger partial charge in [0.05, 0.1) is 28.8 Å². The number of aliphatic carboxylic acids is 1. The van der Waals surface area contributed by atoms with Gasteiger partial charge in [-0.25, -0.2) is 9.67 Å². The first kappa shape index (κ1) is 22.0. The number of carboxylic acids is 1. The number of anilines is 1. The van der Waals surface area contributed by atoms with Gasteiger partial charge in [0.1, 0.15) is 11.5 Å². The van der Waals surface area contributed by atoms with Crippen molar-refractivity contribution >= 4 is 33.6 Å². The molecular formula is C29H28N6O2. The Balaban J connectivity index is 1.31. The summed E-state index contributed by atoms with van der Waals surface area (Å²) >= 11 is 0. The van der Waals surface area contributed by atoms with Crippen LogP contribution in [0.25, 0.3) is 38.8 Å². The molecule has 3 aromatic heterocycles. The first-order valence-corrected chi connectivity index (χ1v) is 12.8. The zero-order valence-corrected chi connectivity index (χ0v) is 21.1. The van der Waals surface area contributed by atoms with E-state index in [-0.39, 0.29) is 17.9 Å². The van der Waals surface area contributed by atoms with Gasteiger partial charge in [-0.15, -0.1) is 0 Å². The van der Waals surface area contributed by atoms with Crippen LogP contribution in [-0.2, 0) is 11.8 Å². The molecule has 186 valence electrons. The summed E-state index contributed by atoms with van der Waals surface area (Å²) in [4.78, 5) is 18.6. The number of nitrogens with zero attached hydrogens (tertiary/aromatic N) is 6. The van der Waals surface area contributed by atoms with Crippen molar-refractivity contribution in [1.82, 2.24) is 24.5 Å². The van der Waals surface area contributed by atoms with Gasteiger partial charge in [-0.1, -0.05) is 30.3 Å². The van der Waals surface area contributed by atoms with Gasteiger partial charge in [0.15, 0.2) is 0 Å². The Bertz CT molecular complexity index is 1700. The highest BCUT2D eigenvalue weighted by atomic mass is 16.4. The van der Waals surface area contributed by atoms with E-state index in [1.807, 2.05) is 40.8 Å². The number of hydrogen-bond acceptors (Lipinski definition) is 5. The molecule has 1 N–H and O–H groups in total. The minimum absolute atomic E-state index is 0.211. The highest BCUT2D eigenvalue weighted by Crippen LogP contribution is 2.44. The van der Waals surface area contributed by atoms with Crippen LogP contribution in [0.5, 0.6) is 0 Å². The molecule has 2 aromatic carbocycles. The van der Waals surface area contributed by atoms with E-state index in [1.54, 1.807) is 0 Å². The fraction of sp³-hybridized carbons (Fsp3) is 0.310. The number of para-hydroxylation sites is 1. The van der Waals surface area contributed by atoms with Crippen molar-refractivity contribution in [2.24, 2.45) is 18.9 Å². The molecule has 0 radical (unpaired) electrons. The van der Waals surface area contributed by atoms with Crippen LogP contribution in [-0.4, -0.2) is 48.2 Å². The monoisotopic (exact) mass is 492 g/mol. The molecule has 5 aromatic rings. The number of fused-ring (bicyclic) bond motifs is 4. The number of hydrogen-bond donors (Lipinski definition) is 1. The van der Waals surface area contributed by atoms with E-state index in [2.05, 4.69) is 54.2 Å². The molecule has 0 spiro atoms. The second-order valence-electron chi connectivity index (χ2n) is 10.5. The molecule has 2 fully saturated rings. The molecule has 3 atom stereocenters. The van der Waals surface area contributed by atoms with E-state index in [4.69, 9.17) is 10.1 Å². The molecule has 1 aliphatic carbocycles. The second-order valence-corrected chi connectivity index (χ2v) is 10.5. The Kier molecular flexibility index (Phi) is 4.70. The van der Waals surface area contributed by atoms with Crippen molar-refractivity contribution in [3.8, 4) is 16.9 Å². The molecule has 1 saturated carbocycles. The third-order valence-electron chi connectivity index (χ3n) is 8.44. The third-order valence-corrected chi connectivity index (χ3v) is 8.44. The van der Waals surface area contributed by atoms with Gasteiger partial charge in [0.2, 0.25) is 0 Å². The normalized spacial score (nSPS) is 20.9. The lowest BCUT2D eigenvalue weighted by molar-refractivity contribution is -0.143. The minimum atomic E-state index is -0.663. The summed E-state index contributed by atoms with van der Waals surface area (Å²) in [6.45, 7) is 4.97. The minimum Gasteiger partial charge on any atom is -0.481 e. The van der Waals surface area contributed by atoms with Crippen LogP contribution in [0, 0.1) is 25.7 Å². The summed E-state index contributed by atoms with van der Waals surface area (Å²) in [5.41, 5.74) is 7.18. The van der Waals surface area contributed by atoms with Crippen LogP contribution in [0.2, 0.25) is 0 Å². The average Bonchev–Trinajstić information content (AvgIpc) is 3.66. The summed E-state index contributed by atoms with van der Waals surface area (Å²) in [6, 6.07) is 16.9. The standard InChI is InChI=1S/C29H28N6O2/c1-16-6-4-8-22-27(21-7-5-9-24-26(21)17(2)33(3)31-24)32-35(28(16)22)19-10-11-25(30-14-19)34-15-18-12-20(34)13-23(18)29(36)37/h4-11,14,18,20,23H,12-13,15H2,1-3H3,(H,36,37)/t18-,20-,23+/m0/s1. The highest BCUT2D eigenvalue weighted by Gasteiger charge is 2.48. The maximum Gasteiger partial charge on any atom is 0.306 e. The SMILES string of the molecule is Cc1cccc2c(-c3cccc4nn(C)c(C)c34)nn(-c3ccc(N4C[C@@H]5C[C@H]4C[C@H]5C(=O)O)nc3)c12. The Hall–Kier alpha value is -4.20. The maximum absolute atomic E-state index is 11.5. The quantitative estimate of drug-likeness (QED) is 0.384. The highest BCUT2D eigenvalue weighted by molar-refractivity contribution is 6.04. The van der Waals surface area contributed by atoms with Crippen molar-refractivity contribution in [2.75, 3.05) is 11.4 Å². The van der Waals surface area contributed by atoms with E-state index < -0.39 is 5.97 Å². The number of rotatable bonds is 4. The lowest BCUT2D eigenvalue weighted by Crippen LogP contribution is -2.38. The molecule has 4 heterocycles. The van der Waals surface area contributed by atoms with Gasteiger partial charge in [0, 0.05) is 41.7 Å². The Labute approximate surface area is 214 Å². The number of carboxylic acid groups (broad SMARTS) is 1. The van der Waals surface area contributed by atoms with Crippen molar-refractivity contribution in [1.29, 1.82) is 0 Å². The van der Waals surface area contributed by atoms with Gasteiger partial charge >= 0.3 is 5.97 Å². The van der Waals surface area contributed by atoms with E-state index in [9.17, 15) is 9.90 Å². The van der Waals surface area contributed by atoms with E-state index in [0.717, 1.165) is 68.8 Å². The fourth-order valence-electron chi connectivity index (χ4n) is 6.53. The van der Waals surface area contributed by atoms with Crippen LogP contribution in [0.3, 0.4) is 0 Å². The summed E-state index contributed by atoms with van der Waals surface area (Å²) in [5.74, 6) is 0.238. The van der Waals surface area contributed by atoms with Crippen LogP contribution in [0.4, 0.5) is 5.82 Å². The molecule has 1 saturated heterocycles. The maximum atomic E-state index is 11.5. The molecule has 8 nitrogen and oxygen atoms in total. The number of aryl methyl sites for hydroxylation is 3. The molecule has 1 aliphatic heterocycles. The fourth-order valence-corrected chi connectivity index (χ4v) is 6.53. The molecule has 37 heavy (non-hydrogen) atoms. The Morgan fingerprint density at radius 3 is 2.59 bits per heavy atom. The molecule has 0 unspecified atom stereocenters. The third kappa shape index (κ3) is 3.21. The Morgan fingerprint density at radius 1 is 1.03 bits per heavy atom. The molecular weight excluding hydrogens is 464 g/mol.